The van der Waals surface area contributed by atoms with Crippen molar-refractivity contribution in [3.8, 4) is 11.1 Å². The summed E-state index contributed by atoms with van der Waals surface area (Å²) in [5.74, 6) is 0.373. The smallest absolute Gasteiger partial charge is 0.159 e. The number of nitrogens with zero attached hydrogens (tertiary/aromatic N) is 4. The van der Waals surface area contributed by atoms with Crippen LogP contribution in [0.15, 0.2) is 66.7 Å². The summed E-state index contributed by atoms with van der Waals surface area (Å²) in [5, 5.41) is 15.1. The number of allylic oxidation sites excluding steroid dienone is 1. The summed E-state index contributed by atoms with van der Waals surface area (Å²) in [6, 6.07) is 5.88. The second-order valence-corrected chi connectivity index (χ2v) is 8.32. The molecule has 0 aliphatic carbocycles. The quantitative estimate of drug-likeness (QED) is 0.417. The number of halogens is 1. The molecular formula is C25H28ClN5O. The lowest BCUT2D eigenvalue weighted by atomic mass is 10.0. The number of benzene rings is 1. The maximum absolute atomic E-state index is 10.1. The minimum absolute atomic E-state index is 0.0506. The number of fused-ring (bicyclic) bond motifs is 1. The van der Waals surface area contributed by atoms with Crippen LogP contribution in [0.5, 0.6) is 0 Å². The Hall–Kier alpha value is -3.09. The van der Waals surface area contributed by atoms with E-state index in [4.69, 9.17) is 11.6 Å². The van der Waals surface area contributed by atoms with Gasteiger partial charge in [0.2, 0.25) is 0 Å². The van der Waals surface area contributed by atoms with Gasteiger partial charge in [0, 0.05) is 35.7 Å². The third kappa shape index (κ3) is 5.21. The first kappa shape index (κ1) is 23.6. The molecule has 2 aromatic heterocycles. The van der Waals surface area contributed by atoms with Crippen LogP contribution < -0.4 is 5.32 Å². The van der Waals surface area contributed by atoms with Gasteiger partial charge in [-0.3, -0.25) is 9.98 Å². The van der Waals surface area contributed by atoms with Crippen molar-refractivity contribution in [3.63, 3.8) is 0 Å². The molecule has 0 amide bonds. The molecule has 1 aromatic carbocycles. The third-order valence-corrected chi connectivity index (χ3v) is 5.30. The monoisotopic (exact) mass is 449 g/mol. The predicted octanol–water partition coefficient (Wildman–Crippen LogP) is 5.92. The van der Waals surface area contributed by atoms with Crippen molar-refractivity contribution in [1.29, 1.82) is 0 Å². The standard InChI is InChI=1S/C25H28ClN5O/c1-6-9-22(27-8-3)20(7-2)31-23-18-12-16(10-11-21(18)28-15-19(23)26)17-13-29-24(30-14-17)25(4,5)32/h6,8-15,20,32H,3,7H2,1-2,4-5H3,(H,28,31)/b9-6-,27-22+. The lowest BCUT2D eigenvalue weighted by molar-refractivity contribution is 0.0687. The number of nitrogens with one attached hydrogen (secondary N) is 1. The number of pyridine rings is 1. The summed E-state index contributed by atoms with van der Waals surface area (Å²) in [5.41, 5.74) is 3.15. The highest BCUT2D eigenvalue weighted by Gasteiger charge is 2.20. The Bertz CT molecular complexity index is 1160. The average Bonchev–Trinajstić information content (AvgIpc) is 2.78. The topological polar surface area (TPSA) is 83.3 Å². The Labute approximate surface area is 193 Å². The Morgan fingerprint density at radius 2 is 1.94 bits per heavy atom. The molecule has 0 radical (unpaired) electrons. The van der Waals surface area contributed by atoms with Gasteiger partial charge in [-0.25, -0.2) is 9.97 Å². The number of rotatable bonds is 8. The molecule has 0 saturated carbocycles. The molecule has 0 saturated heterocycles. The summed E-state index contributed by atoms with van der Waals surface area (Å²) in [6.45, 7) is 11.1. The van der Waals surface area contributed by atoms with E-state index in [1.165, 1.54) is 0 Å². The number of anilines is 1. The summed E-state index contributed by atoms with van der Waals surface area (Å²) in [6.07, 6.45) is 11.3. The highest BCUT2D eigenvalue weighted by atomic mass is 35.5. The predicted molar refractivity (Wildman–Crippen MR) is 133 cm³/mol. The first-order chi connectivity index (χ1) is 15.3. The van der Waals surface area contributed by atoms with Crippen LogP contribution in [-0.4, -0.2) is 31.8 Å². The van der Waals surface area contributed by atoms with E-state index in [2.05, 4.69) is 38.8 Å². The van der Waals surface area contributed by atoms with Gasteiger partial charge in [-0.05, 0) is 51.0 Å². The van der Waals surface area contributed by atoms with Crippen LogP contribution in [0.2, 0.25) is 5.02 Å². The van der Waals surface area contributed by atoms with E-state index in [-0.39, 0.29) is 6.04 Å². The minimum Gasteiger partial charge on any atom is -0.382 e. The van der Waals surface area contributed by atoms with E-state index in [9.17, 15) is 5.11 Å². The van der Waals surface area contributed by atoms with Gasteiger partial charge in [0.25, 0.3) is 0 Å². The Morgan fingerprint density at radius 1 is 1.22 bits per heavy atom. The fourth-order valence-corrected chi connectivity index (χ4v) is 3.58. The van der Waals surface area contributed by atoms with Gasteiger partial charge in [-0.2, -0.15) is 0 Å². The van der Waals surface area contributed by atoms with Crippen molar-refractivity contribution in [2.75, 3.05) is 5.32 Å². The van der Waals surface area contributed by atoms with Crippen LogP contribution in [0.25, 0.3) is 22.0 Å². The van der Waals surface area contributed by atoms with Crippen molar-refractivity contribution < 1.29 is 5.11 Å². The number of hydrogen-bond donors (Lipinski definition) is 2. The van der Waals surface area contributed by atoms with Crippen molar-refractivity contribution in [2.24, 2.45) is 4.99 Å². The normalized spacial score (nSPS) is 13.5. The molecule has 1 unspecified atom stereocenters. The van der Waals surface area contributed by atoms with E-state index >= 15 is 0 Å². The van der Waals surface area contributed by atoms with Gasteiger partial charge in [0.15, 0.2) is 5.82 Å². The van der Waals surface area contributed by atoms with E-state index in [1.54, 1.807) is 38.6 Å². The molecule has 7 heteroatoms. The zero-order chi connectivity index (χ0) is 23.3. The van der Waals surface area contributed by atoms with Crippen molar-refractivity contribution >= 4 is 33.9 Å². The Morgan fingerprint density at radius 3 is 2.53 bits per heavy atom. The van der Waals surface area contributed by atoms with Gasteiger partial charge >= 0.3 is 0 Å². The van der Waals surface area contributed by atoms with E-state index in [0.29, 0.717) is 10.8 Å². The fourth-order valence-electron chi connectivity index (χ4n) is 3.37. The molecule has 1 atom stereocenters. The van der Waals surface area contributed by atoms with Gasteiger partial charge in [0.1, 0.15) is 5.60 Å². The van der Waals surface area contributed by atoms with Crippen molar-refractivity contribution in [1.82, 2.24) is 15.0 Å². The number of hydrogen-bond acceptors (Lipinski definition) is 6. The van der Waals surface area contributed by atoms with E-state index < -0.39 is 5.60 Å². The molecule has 0 aliphatic rings. The molecular weight excluding hydrogens is 422 g/mol. The summed E-state index contributed by atoms with van der Waals surface area (Å²) >= 11 is 6.58. The lowest BCUT2D eigenvalue weighted by Crippen LogP contribution is -2.27. The molecule has 3 aromatic rings. The Kier molecular flexibility index (Phi) is 7.38. The van der Waals surface area contributed by atoms with E-state index in [1.807, 2.05) is 37.3 Å². The summed E-state index contributed by atoms with van der Waals surface area (Å²) in [4.78, 5) is 17.5. The number of aliphatic hydroxyl groups is 1. The molecule has 32 heavy (non-hydrogen) atoms. The first-order valence-electron chi connectivity index (χ1n) is 10.5. The van der Waals surface area contributed by atoms with Crippen LogP contribution in [-0.2, 0) is 5.60 Å². The zero-order valence-electron chi connectivity index (χ0n) is 18.8. The lowest BCUT2D eigenvalue weighted by Gasteiger charge is -2.21. The van der Waals surface area contributed by atoms with E-state index in [0.717, 1.165) is 39.8 Å². The zero-order valence-corrected chi connectivity index (χ0v) is 19.6. The van der Waals surface area contributed by atoms with Gasteiger partial charge in [-0.15, -0.1) is 0 Å². The molecule has 0 fully saturated rings. The second-order valence-electron chi connectivity index (χ2n) is 7.91. The van der Waals surface area contributed by atoms with Gasteiger partial charge in [0.05, 0.1) is 28.0 Å². The average molecular weight is 450 g/mol. The largest absolute Gasteiger partial charge is 0.382 e. The fraction of sp³-hybridized carbons (Fsp3) is 0.280. The van der Waals surface area contributed by atoms with Crippen LogP contribution in [0.3, 0.4) is 0 Å². The maximum atomic E-state index is 10.1. The first-order valence-corrected chi connectivity index (χ1v) is 10.9. The SMILES string of the molecule is C=C/N=C(\C=C/C)C(CC)Nc1c(Cl)cnc2ccc(-c3cnc(C(C)(C)O)nc3)cc12. The molecule has 0 aliphatic heterocycles. The second kappa shape index (κ2) is 10.0. The molecule has 166 valence electrons. The van der Waals surface area contributed by atoms with Crippen molar-refractivity contribution in [3.05, 3.63) is 72.6 Å². The van der Waals surface area contributed by atoms with Crippen molar-refractivity contribution in [2.45, 2.75) is 45.8 Å². The minimum atomic E-state index is -1.09. The van der Waals surface area contributed by atoms with Crippen LogP contribution in [0.4, 0.5) is 5.69 Å². The molecule has 6 nitrogen and oxygen atoms in total. The van der Waals surface area contributed by atoms with Crippen LogP contribution in [0, 0.1) is 0 Å². The summed E-state index contributed by atoms with van der Waals surface area (Å²) in [7, 11) is 0. The third-order valence-electron chi connectivity index (χ3n) is 5.02. The molecule has 3 rings (SSSR count). The highest BCUT2D eigenvalue weighted by Crippen LogP contribution is 2.33. The molecule has 0 spiro atoms. The number of aromatic nitrogens is 3. The van der Waals surface area contributed by atoms with Gasteiger partial charge < -0.3 is 10.4 Å². The Balaban J connectivity index is 2.06. The van der Waals surface area contributed by atoms with Gasteiger partial charge in [-0.1, -0.05) is 37.2 Å². The van der Waals surface area contributed by atoms with Crippen LogP contribution >= 0.6 is 11.6 Å². The molecule has 0 bridgehead atoms. The molecule has 2 N–H and O–H groups in total. The maximum Gasteiger partial charge on any atom is 0.159 e. The number of aliphatic imine (C=N–C) groups is 1. The summed E-state index contributed by atoms with van der Waals surface area (Å²) < 4.78 is 0. The highest BCUT2D eigenvalue weighted by molar-refractivity contribution is 6.34. The molecule has 2 heterocycles. The van der Waals surface area contributed by atoms with Crippen LogP contribution in [0.1, 0.15) is 39.9 Å².